The van der Waals surface area contributed by atoms with Gasteiger partial charge in [-0.3, -0.25) is 0 Å². The van der Waals surface area contributed by atoms with E-state index in [1.807, 2.05) is 0 Å². The molecule has 0 aromatic heterocycles. The first-order valence-corrected chi connectivity index (χ1v) is 5.02. The van der Waals surface area contributed by atoms with Crippen LogP contribution in [-0.2, 0) is 0 Å². The van der Waals surface area contributed by atoms with Gasteiger partial charge in [0.2, 0.25) is 0 Å². The summed E-state index contributed by atoms with van der Waals surface area (Å²) in [6, 6.07) is 0.734. The van der Waals surface area contributed by atoms with Gasteiger partial charge in [-0.25, -0.2) is 0 Å². The number of hydrogen-bond acceptors (Lipinski definition) is 2. The van der Waals surface area contributed by atoms with Crippen LogP contribution in [0.2, 0.25) is 0 Å². The van der Waals surface area contributed by atoms with Gasteiger partial charge < -0.3 is 10.6 Å². The highest BCUT2D eigenvalue weighted by atomic mass is 15.2. The Morgan fingerprint density at radius 3 is 2.67 bits per heavy atom. The summed E-state index contributed by atoms with van der Waals surface area (Å²) in [5, 5.41) is 7.31. The second kappa shape index (κ2) is 2.46. The maximum atomic E-state index is 3.78. The molecule has 2 saturated heterocycles. The average Bonchev–Trinajstić information content (AvgIpc) is 2.27. The van der Waals surface area contributed by atoms with Gasteiger partial charge in [-0.05, 0) is 18.3 Å². The molecule has 2 unspecified atom stereocenters. The highest BCUT2D eigenvalue weighted by molar-refractivity contribution is 5.09. The summed E-state index contributed by atoms with van der Waals surface area (Å²) in [6.07, 6.45) is 2.69. The van der Waals surface area contributed by atoms with Crippen LogP contribution in [0.4, 0.5) is 0 Å². The highest BCUT2D eigenvalue weighted by Crippen LogP contribution is 2.40. The largest absolute Gasteiger partial charge is 0.313 e. The molecule has 0 aromatic carbocycles. The van der Waals surface area contributed by atoms with Crippen molar-refractivity contribution in [2.45, 2.75) is 45.2 Å². The van der Waals surface area contributed by atoms with Crippen LogP contribution in [0.15, 0.2) is 0 Å². The molecule has 2 rings (SSSR count). The molecule has 2 nitrogen and oxygen atoms in total. The lowest BCUT2D eigenvalue weighted by Crippen LogP contribution is -2.63. The molecule has 2 heteroatoms. The number of piperazine rings is 1. The first kappa shape index (κ1) is 8.52. The van der Waals surface area contributed by atoms with Gasteiger partial charge in [-0.1, -0.05) is 20.8 Å². The standard InChI is InChI=1S/C10H20N2/c1-9(2,3)10-5-4-8(12-10)6-11-7-10/h8,11-12H,4-7H2,1-3H3. The van der Waals surface area contributed by atoms with E-state index in [9.17, 15) is 0 Å². The molecule has 12 heavy (non-hydrogen) atoms. The predicted molar refractivity (Wildman–Crippen MR) is 51.2 cm³/mol. The predicted octanol–water partition coefficient (Wildman–Crippen LogP) is 1.13. The van der Waals surface area contributed by atoms with Crippen molar-refractivity contribution < 1.29 is 0 Å². The van der Waals surface area contributed by atoms with E-state index in [0.29, 0.717) is 11.0 Å². The van der Waals surface area contributed by atoms with Gasteiger partial charge in [0.25, 0.3) is 0 Å². The van der Waals surface area contributed by atoms with Crippen molar-refractivity contribution in [2.24, 2.45) is 5.41 Å². The third kappa shape index (κ3) is 1.09. The zero-order chi connectivity index (χ0) is 8.82. The topological polar surface area (TPSA) is 24.1 Å². The summed E-state index contributed by atoms with van der Waals surface area (Å²) < 4.78 is 0. The molecule has 0 saturated carbocycles. The fourth-order valence-electron chi connectivity index (χ4n) is 2.56. The molecule has 70 valence electrons. The number of rotatable bonds is 0. The van der Waals surface area contributed by atoms with Crippen molar-refractivity contribution in [1.29, 1.82) is 0 Å². The van der Waals surface area contributed by atoms with Crippen LogP contribution in [0.3, 0.4) is 0 Å². The summed E-state index contributed by atoms with van der Waals surface area (Å²) in [5.41, 5.74) is 0.755. The third-order valence-corrected chi connectivity index (χ3v) is 3.65. The first-order valence-electron chi connectivity index (χ1n) is 5.02. The minimum atomic E-state index is 0.371. The Morgan fingerprint density at radius 1 is 1.33 bits per heavy atom. The molecule has 0 amide bonds. The van der Waals surface area contributed by atoms with Crippen LogP contribution in [0.1, 0.15) is 33.6 Å². The molecule has 2 aliphatic heterocycles. The Labute approximate surface area is 75.1 Å². The summed E-state index contributed by atoms with van der Waals surface area (Å²) in [7, 11) is 0. The summed E-state index contributed by atoms with van der Waals surface area (Å²) in [5.74, 6) is 0. The molecule has 0 aliphatic carbocycles. The van der Waals surface area contributed by atoms with Crippen molar-refractivity contribution in [3.8, 4) is 0 Å². The monoisotopic (exact) mass is 168 g/mol. The van der Waals surface area contributed by atoms with Crippen LogP contribution >= 0.6 is 0 Å². The van der Waals surface area contributed by atoms with Gasteiger partial charge in [-0.2, -0.15) is 0 Å². The average molecular weight is 168 g/mol. The summed E-state index contributed by atoms with van der Waals surface area (Å²) in [4.78, 5) is 0. The summed E-state index contributed by atoms with van der Waals surface area (Å²) >= 11 is 0. The molecule has 2 aliphatic rings. The van der Waals surface area contributed by atoms with Gasteiger partial charge in [0.05, 0.1) is 0 Å². The molecular weight excluding hydrogens is 148 g/mol. The van der Waals surface area contributed by atoms with Crippen molar-refractivity contribution >= 4 is 0 Å². The minimum Gasteiger partial charge on any atom is -0.313 e. The quantitative estimate of drug-likeness (QED) is 0.566. The highest BCUT2D eigenvalue weighted by Gasteiger charge is 2.48. The van der Waals surface area contributed by atoms with E-state index in [0.717, 1.165) is 19.1 Å². The smallest absolute Gasteiger partial charge is 0.0358 e. The van der Waals surface area contributed by atoms with Crippen molar-refractivity contribution in [1.82, 2.24) is 10.6 Å². The molecule has 2 N–H and O–H groups in total. The van der Waals surface area contributed by atoms with E-state index >= 15 is 0 Å². The molecule has 0 radical (unpaired) electrons. The van der Waals surface area contributed by atoms with E-state index in [4.69, 9.17) is 0 Å². The minimum absolute atomic E-state index is 0.371. The zero-order valence-electron chi connectivity index (χ0n) is 8.41. The SMILES string of the molecule is CC(C)(C)C12CCC(CNC1)N2. The van der Waals surface area contributed by atoms with Gasteiger partial charge in [0.1, 0.15) is 0 Å². The Balaban J connectivity index is 2.21. The molecule has 2 fully saturated rings. The van der Waals surface area contributed by atoms with Gasteiger partial charge in [-0.15, -0.1) is 0 Å². The van der Waals surface area contributed by atoms with Crippen LogP contribution in [0, 0.1) is 5.41 Å². The lowest BCUT2D eigenvalue weighted by molar-refractivity contribution is 0.133. The van der Waals surface area contributed by atoms with E-state index in [2.05, 4.69) is 31.4 Å². The zero-order valence-corrected chi connectivity index (χ0v) is 8.41. The van der Waals surface area contributed by atoms with Gasteiger partial charge in [0, 0.05) is 24.7 Å². The molecular formula is C10H20N2. The summed E-state index contributed by atoms with van der Waals surface area (Å²) in [6.45, 7) is 9.34. The number of hydrogen-bond donors (Lipinski definition) is 2. The number of nitrogens with one attached hydrogen (secondary N) is 2. The van der Waals surface area contributed by atoms with Crippen LogP contribution < -0.4 is 10.6 Å². The molecule has 0 aromatic rings. The Hall–Kier alpha value is -0.0800. The molecule has 2 atom stereocenters. The van der Waals surface area contributed by atoms with Crippen molar-refractivity contribution in [2.75, 3.05) is 13.1 Å². The second-order valence-electron chi connectivity index (χ2n) is 5.34. The Morgan fingerprint density at radius 2 is 2.08 bits per heavy atom. The van der Waals surface area contributed by atoms with Crippen LogP contribution in [-0.4, -0.2) is 24.7 Å². The Kier molecular flexibility index (Phi) is 1.74. The Bertz CT molecular complexity index is 179. The van der Waals surface area contributed by atoms with Crippen molar-refractivity contribution in [3.05, 3.63) is 0 Å². The fraction of sp³-hybridized carbons (Fsp3) is 1.00. The van der Waals surface area contributed by atoms with E-state index < -0.39 is 0 Å². The van der Waals surface area contributed by atoms with E-state index in [1.54, 1.807) is 0 Å². The van der Waals surface area contributed by atoms with Crippen molar-refractivity contribution in [3.63, 3.8) is 0 Å². The second-order valence-corrected chi connectivity index (χ2v) is 5.34. The molecule has 2 heterocycles. The van der Waals surface area contributed by atoms with Gasteiger partial charge >= 0.3 is 0 Å². The fourth-order valence-corrected chi connectivity index (χ4v) is 2.56. The van der Waals surface area contributed by atoms with Crippen LogP contribution in [0.25, 0.3) is 0 Å². The maximum Gasteiger partial charge on any atom is 0.0358 e. The normalized spacial score (nSPS) is 41.8. The number of fused-ring (bicyclic) bond motifs is 2. The lowest BCUT2D eigenvalue weighted by atomic mass is 9.72. The van der Waals surface area contributed by atoms with E-state index in [-0.39, 0.29) is 0 Å². The van der Waals surface area contributed by atoms with E-state index in [1.165, 1.54) is 12.8 Å². The lowest BCUT2D eigenvalue weighted by Gasteiger charge is -2.45. The molecule has 2 bridgehead atoms. The first-order chi connectivity index (χ1) is 5.54. The maximum absolute atomic E-state index is 3.78. The third-order valence-electron chi connectivity index (χ3n) is 3.65. The molecule has 0 spiro atoms. The van der Waals surface area contributed by atoms with Crippen LogP contribution in [0.5, 0.6) is 0 Å². The van der Waals surface area contributed by atoms with Gasteiger partial charge in [0.15, 0.2) is 0 Å².